The molecule has 1 aromatic carbocycles. The largest absolute Gasteiger partial charge is 0.378 e. The lowest BCUT2D eigenvalue weighted by molar-refractivity contribution is 0.0996. The Hall–Kier alpha value is -0.610. The van der Waals surface area contributed by atoms with E-state index in [1.54, 1.807) is 0 Å². The normalized spacial score (nSPS) is 21.2. The van der Waals surface area contributed by atoms with Crippen molar-refractivity contribution in [2.75, 3.05) is 6.61 Å². The predicted molar refractivity (Wildman–Crippen MR) is 74.5 cm³/mol. The Kier molecular flexibility index (Phi) is 5.01. The third-order valence-corrected chi connectivity index (χ3v) is 4.01. The maximum absolute atomic E-state index is 6.04. The fraction of sp³-hybridized carbons (Fsp3) is 0.571. The van der Waals surface area contributed by atoms with Crippen LogP contribution in [0.25, 0.3) is 0 Å². The number of ether oxygens (including phenoxy) is 1. The summed E-state index contributed by atoms with van der Waals surface area (Å²) in [5.74, 6) is 5.65. The molecule has 4 heteroatoms. The molecule has 3 nitrogen and oxygen atoms in total. The SMILES string of the molecule is Cc1cc(C(CCC2CCCO2)NN)ccc1Cl. The van der Waals surface area contributed by atoms with Crippen molar-refractivity contribution in [2.24, 2.45) is 5.84 Å². The molecule has 1 fully saturated rings. The van der Waals surface area contributed by atoms with Crippen LogP contribution in [-0.4, -0.2) is 12.7 Å². The molecular weight excluding hydrogens is 248 g/mol. The van der Waals surface area contributed by atoms with E-state index in [1.165, 1.54) is 18.4 Å². The minimum atomic E-state index is 0.171. The number of nitrogens with one attached hydrogen (secondary N) is 1. The zero-order valence-corrected chi connectivity index (χ0v) is 11.5. The first-order valence-electron chi connectivity index (χ1n) is 6.54. The van der Waals surface area contributed by atoms with Crippen molar-refractivity contribution in [3.63, 3.8) is 0 Å². The molecule has 1 saturated heterocycles. The van der Waals surface area contributed by atoms with Gasteiger partial charge in [-0.15, -0.1) is 0 Å². The summed E-state index contributed by atoms with van der Waals surface area (Å²) in [5, 5.41) is 0.800. The van der Waals surface area contributed by atoms with E-state index in [-0.39, 0.29) is 6.04 Å². The molecule has 0 saturated carbocycles. The average Bonchev–Trinajstić information content (AvgIpc) is 2.87. The molecule has 0 bridgehead atoms. The fourth-order valence-corrected chi connectivity index (χ4v) is 2.57. The summed E-state index contributed by atoms with van der Waals surface area (Å²) in [6, 6.07) is 6.24. The second-order valence-electron chi connectivity index (χ2n) is 4.94. The van der Waals surface area contributed by atoms with Crippen LogP contribution in [-0.2, 0) is 4.74 Å². The third-order valence-electron chi connectivity index (χ3n) is 3.59. The minimum Gasteiger partial charge on any atom is -0.378 e. The number of aryl methyl sites for hydroxylation is 1. The van der Waals surface area contributed by atoms with Crippen LogP contribution < -0.4 is 11.3 Å². The van der Waals surface area contributed by atoms with Crippen LogP contribution in [0.15, 0.2) is 18.2 Å². The van der Waals surface area contributed by atoms with Gasteiger partial charge in [0.2, 0.25) is 0 Å². The molecule has 2 atom stereocenters. The first-order valence-corrected chi connectivity index (χ1v) is 6.92. The molecule has 2 unspecified atom stereocenters. The lowest BCUT2D eigenvalue weighted by atomic mass is 9.98. The van der Waals surface area contributed by atoms with Crippen LogP contribution in [0, 0.1) is 6.92 Å². The highest BCUT2D eigenvalue weighted by Crippen LogP contribution is 2.26. The molecule has 1 aromatic rings. The highest BCUT2D eigenvalue weighted by atomic mass is 35.5. The van der Waals surface area contributed by atoms with E-state index in [9.17, 15) is 0 Å². The van der Waals surface area contributed by atoms with Gasteiger partial charge in [0.25, 0.3) is 0 Å². The van der Waals surface area contributed by atoms with Crippen LogP contribution in [0.5, 0.6) is 0 Å². The monoisotopic (exact) mass is 268 g/mol. The van der Waals surface area contributed by atoms with Gasteiger partial charge in [0.05, 0.1) is 6.10 Å². The summed E-state index contributed by atoms with van der Waals surface area (Å²) in [7, 11) is 0. The first kappa shape index (κ1) is 13.8. The van der Waals surface area contributed by atoms with Crippen LogP contribution in [0.2, 0.25) is 5.02 Å². The number of hydrogen-bond acceptors (Lipinski definition) is 3. The summed E-state index contributed by atoms with van der Waals surface area (Å²) in [4.78, 5) is 0. The van der Waals surface area contributed by atoms with E-state index >= 15 is 0 Å². The lowest BCUT2D eigenvalue weighted by Gasteiger charge is -2.19. The number of hydrazine groups is 1. The van der Waals surface area contributed by atoms with E-state index in [0.717, 1.165) is 30.0 Å². The zero-order valence-electron chi connectivity index (χ0n) is 10.8. The molecule has 18 heavy (non-hydrogen) atoms. The third kappa shape index (κ3) is 3.45. The topological polar surface area (TPSA) is 47.3 Å². The summed E-state index contributed by atoms with van der Waals surface area (Å²) in [5.41, 5.74) is 5.17. The highest BCUT2D eigenvalue weighted by molar-refractivity contribution is 6.31. The van der Waals surface area contributed by atoms with Gasteiger partial charge in [-0.1, -0.05) is 23.7 Å². The van der Waals surface area contributed by atoms with Crippen molar-refractivity contribution in [3.05, 3.63) is 34.3 Å². The van der Waals surface area contributed by atoms with Crippen molar-refractivity contribution in [3.8, 4) is 0 Å². The first-order chi connectivity index (χ1) is 8.70. The second kappa shape index (κ2) is 6.53. The molecule has 3 N–H and O–H groups in total. The Bertz CT molecular complexity index is 391. The van der Waals surface area contributed by atoms with Gasteiger partial charge in [-0.25, -0.2) is 0 Å². The number of benzene rings is 1. The van der Waals surface area contributed by atoms with Crippen molar-refractivity contribution in [1.82, 2.24) is 5.43 Å². The van der Waals surface area contributed by atoms with E-state index < -0.39 is 0 Å². The van der Waals surface area contributed by atoms with E-state index in [2.05, 4.69) is 11.5 Å². The Morgan fingerprint density at radius 1 is 1.56 bits per heavy atom. The van der Waals surface area contributed by atoms with Gasteiger partial charge in [0, 0.05) is 17.7 Å². The molecule has 2 rings (SSSR count). The highest BCUT2D eigenvalue weighted by Gasteiger charge is 2.18. The predicted octanol–water partition coefficient (Wildman–Crippen LogP) is 3.11. The van der Waals surface area contributed by atoms with Crippen LogP contribution in [0.1, 0.15) is 42.9 Å². The average molecular weight is 269 g/mol. The molecule has 0 aliphatic carbocycles. The standard InChI is InChI=1S/C14H21ClN2O/c1-10-9-11(4-6-13(10)15)14(17-16)7-5-12-3-2-8-18-12/h4,6,9,12,14,17H,2-3,5,7-8,16H2,1H3. The zero-order chi connectivity index (χ0) is 13.0. The van der Waals surface area contributed by atoms with Gasteiger partial charge in [0.15, 0.2) is 0 Å². The van der Waals surface area contributed by atoms with Crippen molar-refractivity contribution < 1.29 is 4.74 Å². The Morgan fingerprint density at radius 3 is 3.00 bits per heavy atom. The number of halogens is 1. The molecule has 1 aliphatic rings. The Balaban J connectivity index is 1.96. The van der Waals surface area contributed by atoms with Crippen molar-refractivity contribution >= 4 is 11.6 Å². The molecular formula is C14H21ClN2O. The maximum atomic E-state index is 6.04. The van der Waals surface area contributed by atoms with Gasteiger partial charge in [-0.3, -0.25) is 11.3 Å². The van der Waals surface area contributed by atoms with Crippen LogP contribution in [0.3, 0.4) is 0 Å². The number of hydrogen-bond donors (Lipinski definition) is 2. The maximum Gasteiger partial charge on any atom is 0.0576 e. The molecule has 0 spiro atoms. The Labute approximate surface area is 114 Å². The van der Waals surface area contributed by atoms with Crippen molar-refractivity contribution in [2.45, 2.75) is 44.8 Å². The van der Waals surface area contributed by atoms with Gasteiger partial charge in [-0.2, -0.15) is 0 Å². The van der Waals surface area contributed by atoms with E-state index in [4.69, 9.17) is 22.2 Å². The summed E-state index contributed by atoms with van der Waals surface area (Å²) < 4.78 is 5.64. The molecule has 100 valence electrons. The summed E-state index contributed by atoms with van der Waals surface area (Å²) in [6.07, 6.45) is 4.82. The number of rotatable bonds is 5. The second-order valence-corrected chi connectivity index (χ2v) is 5.35. The van der Waals surface area contributed by atoms with Crippen molar-refractivity contribution in [1.29, 1.82) is 0 Å². The van der Waals surface area contributed by atoms with E-state index in [1.807, 2.05) is 19.1 Å². The smallest absolute Gasteiger partial charge is 0.0576 e. The van der Waals surface area contributed by atoms with Gasteiger partial charge >= 0.3 is 0 Å². The molecule has 1 heterocycles. The van der Waals surface area contributed by atoms with Crippen LogP contribution >= 0.6 is 11.6 Å². The quantitative estimate of drug-likeness (QED) is 0.637. The molecule has 0 radical (unpaired) electrons. The van der Waals surface area contributed by atoms with Crippen LogP contribution in [0.4, 0.5) is 0 Å². The summed E-state index contributed by atoms with van der Waals surface area (Å²) in [6.45, 7) is 2.92. The molecule has 0 amide bonds. The Morgan fingerprint density at radius 2 is 2.39 bits per heavy atom. The summed E-state index contributed by atoms with van der Waals surface area (Å²) >= 11 is 6.04. The van der Waals surface area contributed by atoms with Gasteiger partial charge in [-0.05, 0) is 49.8 Å². The lowest BCUT2D eigenvalue weighted by Crippen LogP contribution is -2.28. The van der Waals surface area contributed by atoms with Gasteiger partial charge in [0.1, 0.15) is 0 Å². The molecule has 0 aromatic heterocycles. The number of nitrogens with two attached hydrogens (primary N) is 1. The van der Waals surface area contributed by atoms with E-state index in [0.29, 0.717) is 6.10 Å². The fourth-order valence-electron chi connectivity index (χ4n) is 2.46. The molecule has 1 aliphatic heterocycles. The minimum absolute atomic E-state index is 0.171. The van der Waals surface area contributed by atoms with Gasteiger partial charge < -0.3 is 4.74 Å².